The molecule has 1 aliphatic rings. The third kappa shape index (κ3) is 4.13. The third-order valence-electron chi connectivity index (χ3n) is 5.46. The van der Waals surface area contributed by atoms with Gasteiger partial charge in [0.25, 0.3) is 11.7 Å². The molecule has 1 amide bonds. The fourth-order valence-electron chi connectivity index (χ4n) is 3.95. The van der Waals surface area contributed by atoms with Crippen LogP contribution in [0.5, 0.6) is 5.75 Å². The Kier molecular flexibility index (Phi) is 6.58. The minimum Gasteiger partial charge on any atom is -0.507 e. The molecule has 0 saturated carbocycles. The van der Waals surface area contributed by atoms with Crippen LogP contribution in [-0.2, 0) is 9.59 Å². The second kappa shape index (κ2) is 9.29. The molecular weight excluding hydrogens is 504 g/mol. The second-order valence-corrected chi connectivity index (χ2v) is 8.90. The Bertz CT molecular complexity index is 1360. The topological polar surface area (TPSA) is 66.8 Å². The van der Waals surface area contributed by atoms with Crippen molar-refractivity contribution in [3.63, 3.8) is 0 Å². The van der Waals surface area contributed by atoms with Crippen molar-refractivity contribution in [2.45, 2.75) is 13.0 Å². The molecule has 9 heteroatoms. The Morgan fingerprint density at radius 2 is 1.68 bits per heavy atom. The number of ketones is 1. The van der Waals surface area contributed by atoms with Gasteiger partial charge in [-0.15, -0.1) is 0 Å². The Balaban J connectivity index is 2.01. The van der Waals surface area contributed by atoms with Gasteiger partial charge in [-0.2, -0.15) is 0 Å². The molecule has 1 unspecified atom stereocenters. The zero-order valence-electron chi connectivity index (χ0n) is 17.9. The van der Waals surface area contributed by atoms with E-state index < -0.39 is 29.3 Å². The van der Waals surface area contributed by atoms with Gasteiger partial charge in [-0.1, -0.05) is 46.9 Å². The highest BCUT2D eigenvalue weighted by Crippen LogP contribution is 2.45. The van der Waals surface area contributed by atoms with Crippen LogP contribution in [0.3, 0.4) is 0 Å². The average Bonchev–Trinajstić information content (AvgIpc) is 3.06. The molecule has 1 saturated heterocycles. The van der Waals surface area contributed by atoms with Crippen molar-refractivity contribution in [2.75, 3.05) is 12.0 Å². The summed E-state index contributed by atoms with van der Waals surface area (Å²) in [6.45, 7) is 1.76. The van der Waals surface area contributed by atoms with E-state index in [-0.39, 0.29) is 32.6 Å². The van der Waals surface area contributed by atoms with Crippen molar-refractivity contribution in [2.24, 2.45) is 0 Å². The van der Waals surface area contributed by atoms with Crippen LogP contribution in [0.4, 0.5) is 10.1 Å². The number of aliphatic hydroxyl groups excluding tert-OH is 1. The lowest BCUT2D eigenvalue weighted by Gasteiger charge is -2.26. The number of halogens is 4. The quantitative estimate of drug-likeness (QED) is 0.235. The van der Waals surface area contributed by atoms with Crippen LogP contribution in [-0.4, -0.2) is 23.9 Å². The van der Waals surface area contributed by atoms with E-state index in [1.807, 2.05) is 0 Å². The van der Waals surface area contributed by atoms with E-state index in [0.717, 1.165) is 11.0 Å². The van der Waals surface area contributed by atoms with E-state index in [4.69, 9.17) is 39.5 Å². The van der Waals surface area contributed by atoms with E-state index >= 15 is 0 Å². The summed E-state index contributed by atoms with van der Waals surface area (Å²) in [4.78, 5) is 27.6. The van der Waals surface area contributed by atoms with Crippen LogP contribution in [0.15, 0.2) is 60.2 Å². The van der Waals surface area contributed by atoms with Crippen LogP contribution in [0.2, 0.25) is 15.1 Å². The van der Waals surface area contributed by atoms with Crippen LogP contribution in [0.1, 0.15) is 22.7 Å². The molecule has 1 fully saturated rings. The summed E-state index contributed by atoms with van der Waals surface area (Å²) in [5.74, 6) is -2.84. The van der Waals surface area contributed by atoms with E-state index in [2.05, 4.69) is 0 Å². The zero-order valence-corrected chi connectivity index (χ0v) is 20.2. The predicted octanol–water partition coefficient (Wildman–Crippen LogP) is 6.73. The average molecular weight is 521 g/mol. The largest absolute Gasteiger partial charge is 0.507 e. The minimum absolute atomic E-state index is 0.149. The number of Topliss-reactive ketones (excluding diaryl/α,β-unsaturated/α-hetero) is 1. The van der Waals surface area contributed by atoms with Gasteiger partial charge < -0.3 is 9.84 Å². The van der Waals surface area contributed by atoms with Crippen molar-refractivity contribution in [3.05, 3.63) is 97.7 Å². The summed E-state index contributed by atoms with van der Waals surface area (Å²) >= 11 is 18.3. The number of aliphatic hydroxyl groups is 1. The number of hydrogen-bond acceptors (Lipinski definition) is 4. The second-order valence-electron chi connectivity index (χ2n) is 7.65. The smallest absolute Gasteiger partial charge is 0.300 e. The van der Waals surface area contributed by atoms with Gasteiger partial charge in [-0.3, -0.25) is 14.5 Å². The minimum atomic E-state index is -1.05. The number of nitrogens with zero attached hydrogens (tertiary/aromatic N) is 1. The van der Waals surface area contributed by atoms with E-state index in [0.29, 0.717) is 16.1 Å². The highest BCUT2D eigenvalue weighted by atomic mass is 35.5. The predicted molar refractivity (Wildman–Crippen MR) is 130 cm³/mol. The first-order valence-corrected chi connectivity index (χ1v) is 11.1. The first-order chi connectivity index (χ1) is 16.1. The van der Waals surface area contributed by atoms with Crippen LogP contribution >= 0.6 is 34.8 Å². The third-order valence-corrected chi connectivity index (χ3v) is 6.28. The van der Waals surface area contributed by atoms with Crippen molar-refractivity contribution in [3.8, 4) is 5.75 Å². The number of ether oxygens (including phenoxy) is 1. The van der Waals surface area contributed by atoms with Gasteiger partial charge in [0.15, 0.2) is 0 Å². The van der Waals surface area contributed by atoms with Gasteiger partial charge in [0.2, 0.25) is 0 Å². The molecule has 1 atom stereocenters. The van der Waals surface area contributed by atoms with Crippen LogP contribution in [0.25, 0.3) is 5.76 Å². The number of aryl methyl sites for hydroxylation is 1. The van der Waals surface area contributed by atoms with Gasteiger partial charge in [0, 0.05) is 10.7 Å². The molecule has 0 radical (unpaired) electrons. The van der Waals surface area contributed by atoms with Crippen LogP contribution < -0.4 is 9.64 Å². The maximum atomic E-state index is 13.8. The molecule has 174 valence electrons. The molecule has 0 aromatic heterocycles. The molecule has 0 spiro atoms. The number of rotatable bonds is 4. The number of benzene rings is 3. The van der Waals surface area contributed by atoms with Crippen molar-refractivity contribution >= 4 is 57.9 Å². The summed E-state index contributed by atoms with van der Waals surface area (Å²) in [5, 5.41) is 11.8. The van der Waals surface area contributed by atoms with Gasteiger partial charge in [-0.25, -0.2) is 4.39 Å². The van der Waals surface area contributed by atoms with Crippen molar-refractivity contribution in [1.82, 2.24) is 0 Å². The van der Waals surface area contributed by atoms with E-state index in [1.54, 1.807) is 43.3 Å². The number of anilines is 1. The SMILES string of the molecule is COc1c(Cl)cc(C)cc1/C(O)=C1\C(=O)C(=O)N(c2ccc(F)c(Cl)c2)C1c1ccc(Cl)cc1. The van der Waals surface area contributed by atoms with Crippen LogP contribution in [0, 0.1) is 12.7 Å². The lowest BCUT2D eigenvalue weighted by molar-refractivity contribution is -0.132. The Hall–Kier alpha value is -3.06. The monoisotopic (exact) mass is 519 g/mol. The van der Waals surface area contributed by atoms with Gasteiger partial charge in [0.1, 0.15) is 17.3 Å². The van der Waals surface area contributed by atoms with Crippen molar-refractivity contribution in [1.29, 1.82) is 0 Å². The molecule has 1 heterocycles. The molecule has 4 rings (SSSR count). The Morgan fingerprint density at radius 1 is 1.00 bits per heavy atom. The lowest BCUT2D eigenvalue weighted by Crippen LogP contribution is -2.29. The molecule has 0 aliphatic carbocycles. The highest BCUT2D eigenvalue weighted by Gasteiger charge is 2.47. The molecule has 3 aromatic carbocycles. The van der Waals surface area contributed by atoms with Gasteiger partial charge in [-0.05, 0) is 60.5 Å². The molecule has 5 nitrogen and oxygen atoms in total. The van der Waals surface area contributed by atoms with E-state index in [9.17, 15) is 19.1 Å². The first-order valence-electron chi connectivity index (χ1n) is 10.00. The lowest BCUT2D eigenvalue weighted by atomic mass is 9.94. The normalized spacial score (nSPS) is 17.4. The summed E-state index contributed by atoms with van der Waals surface area (Å²) in [6, 6.07) is 12.3. The summed E-state index contributed by atoms with van der Waals surface area (Å²) in [7, 11) is 1.38. The number of amides is 1. The molecule has 34 heavy (non-hydrogen) atoms. The molecule has 1 aliphatic heterocycles. The number of hydrogen-bond donors (Lipinski definition) is 1. The van der Waals surface area contributed by atoms with E-state index in [1.165, 1.54) is 19.2 Å². The zero-order chi connectivity index (χ0) is 24.7. The molecule has 3 aromatic rings. The van der Waals surface area contributed by atoms with Crippen molar-refractivity contribution < 1.29 is 23.8 Å². The first kappa shape index (κ1) is 24.1. The molecule has 1 N–H and O–H groups in total. The summed E-state index contributed by atoms with van der Waals surface area (Å²) in [5.41, 5.74) is 1.34. The number of carbonyl (C=O) groups excluding carboxylic acids is 2. The maximum Gasteiger partial charge on any atom is 0.300 e. The fraction of sp³-hybridized carbons (Fsp3) is 0.120. The number of methoxy groups -OCH3 is 1. The Morgan fingerprint density at radius 3 is 2.29 bits per heavy atom. The Labute approximate surface area is 209 Å². The van der Waals surface area contributed by atoms with Gasteiger partial charge in [0.05, 0.1) is 34.3 Å². The molecular formula is C25H17Cl3FNO4. The summed E-state index contributed by atoms with van der Waals surface area (Å²) < 4.78 is 19.2. The highest BCUT2D eigenvalue weighted by molar-refractivity contribution is 6.52. The fourth-order valence-corrected chi connectivity index (χ4v) is 4.60. The maximum absolute atomic E-state index is 13.8. The number of carbonyl (C=O) groups is 2. The summed E-state index contributed by atoms with van der Waals surface area (Å²) in [6.07, 6.45) is 0. The molecule has 0 bridgehead atoms. The standard InChI is InChI=1S/C25H17Cl3FNO4/c1-12-9-16(24(34-2)18(28)10-12)22(31)20-21(13-3-5-14(26)6-4-13)30(25(33)23(20)32)15-7-8-19(29)17(27)11-15/h3-11,21,31H,1-2H3/b22-20+. The van der Waals surface area contributed by atoms with Gasteiger partial charge >= 0.3 is 0 Å².